The predicted molar refractivity (Wildman–Crippen MR) is 83.8 cm³/mol. The summed E-state index contributed by atoms with van der Waals surface area (Å²) in [5.74, 6) is 0.494. The second kappa shape index (κ2) is 5.77. The lowest BCUT2D eigenvalue weighted by Crippen LogP contribution is -2.46. The van der Waals surface area contributed by atoms with Gasteiger partial charge in [0.05, 0.1) is 12.3 Å². The number of carbonyl (C=O) groups excluding carboxylic acids is 1. The second-order valence-corrected chi connectivity index (χ2v) is 7.75. The Labute approximate surface area is 126 Å². The first-order chi connectivity index (χ1) is 9.70. The summed E-state index contributed by atoms with van der Waals surface area (Å²) in [6.45, 7) is 6.45. The summed E-state index contributed by atoms with van der Waals surface area (Å²) in [4.78, 5) is 14.3. The molecule has 0 saturated carbocycles. The number of rotatable bonds is 4. The average molecular weight is 310 g/mol. The van der Waals surface area contributed by atoms with Crippen LogP contribution in [0.1, 0.15) is 32.3 Å². The third kappa shape index (κ3) is 3.44. The Morgan fingerprint density at radius 1 is 1.29 bits per heavy atom. The highest BCUT2D eigenvalue weighted by molar-refractivity contribution is 7.88. The Balaban J connectivity index is 2.28. The molecule has 1 N–H and O–H groups in total. The van der Waals surface area contributed by atoms with Crippen LogP contribution in [0.4, 0.5) is 5.69 Å². The smallest absolute Gasteiger partial charge is 0.244 e. The lowest BCUT2D eigenvalue weighted by atomic mass is 9.90. The molecular formula is C15H22N2O3S. The lowest BCUT2D eigenvalue weighted by molar-refractivity contribution is -0.119. The average Bonchev–Trinajstić information content (AvgIpc) is 2.75. The van der Waals surface area contributed by atoms with Crippen LogP contribution in [0, 0.1) is 5.92 Å². The molecule has 0 fully saturated rings. The molecule has 0 aliphatic carbocycles. The third-order valence-corrected chi connectivity index (χ3v) is 4.62. The summed E-state index contributed by atoms with van der Waals surface area (Å²) in [5.41, 5.74) is 2.05. The molecule has 0 aromatic heterocycles. The van der Waals surface area contributed by atoms with E-state index in [2.05, 4.69) is 18.6 Å². The van der Waals surface area contributed by atoms with Crippen LogP contribution in [-0.4, -0.2) is 33.2 Å². The van der Waals surface area contributed by atoms with Gasteiger partial charge in [-0.2, -0.15) is 0 Å². The zero-order chi connectivity index (χ0) is 15.8. The Kier molecular flexibility index (Phi) is 4.39. The van der Waals surface area contributed by atoms with Gasteiger partial charge >= 0.3 is 0 Å². The van der Waals surface area contributed by atoms with Crippen LogP contribution in [0.2, 0.25) is 0 Å². The molecule has 0 radical (unpaired) electrons. The van der Waals surface area contributed by atoms with Gasteiger partial charge in [-0.15, -0.1) is 0 Å². The van der Waals surface area contributed by atoms with Gasteiger partial charge in [0.15, 0.2) is 0 Å². The van der Waals surface area contributed by atoms with Crippen LogP contribution in [0.25, 0.3) is 0 Å². The van der Waals surface area contributed by atoms with Gasteiger partial charge in [-0.05, 0) is 24.5 Å². The van der Waals surface area contributed by atoms with Gasteiger partial charge in [0.25, 0.3) is 0 Å². The number of hydrogen-bond acceptors (Lipinski definition) is 3. The first-order valence-corrected chi connectivity index (χ1v) is 8.97. The van der Waals surface area contributed by atoms with Crippen molar-refractivity contribution >= 4 is 21.6 Å². The van der Waals surface area contributed by atoms with E-state index in [1.807, 2.05) is 24.3 Å². The number of nitrogens with one attached hydrogen (secondary N) is 1. The van der Waals surface area contributed by atoms with Crippen molar-refractivity contribution in [3.05, 3.63) is 29.8 Å². The molecule has 0 saturated heterocycles. The van der Waals surface area contributed by atoms with E-state index in [9.17, 15) is 13.2 Å². The Morgan fingerprint density at radius 3 is 2.48 bits per heavy atom. The first kappa shape index (κ1) is 16.0. The number of benzene rings is 1. The zero-order valence-corrected chi connectivity index (χ0v) is 13.6. The molecule has 1 aromatic carbocycles. The molecule has 21 heavy (non-hydrogen) atoms. The van der Waals surface area contributed by atoms with Crippen LogP contribution in [0.5, 0.6) is 0 Å². The van der Waals surface area contributed by atoms with Gasteiger partial charge in [0.2, 0.25) is 15.9 Å². The zero-order valence-electron chi connectivity index (χ0n) is 12.8. The van der Waals surface area contributed by atoms with Crippen LogP contribution < -0.4 is 9.62 Å². The van der Waals surface area contributed by atoms with Gasteiger partial charge in [-0.25, -0.2) is 13.1 Å². The molecule has 0 unspecified atom stereocenters. The van der Waals surface area contributed by atoms with Crippen molar-refractivity contribution < 1.29 is 13.2 Å². The SMILES string of the molecule is CC(C)[C@@H]1CN(C(=O)[C@@H](C)NS(C)(=O)=O)c2ccccc21. The van der Waals surface area contributed by atoms with E-state index in [1.165, 1.54) is 0 Å². The van der Waals surface area contributed by atoms with Crippen LogP contribution in [0.15, 0.2) is 24.3 Å². The summed E-state index contributed by atoms with van der Waals surface area (Å²) in [7, 11) is -3.40. The lowest BCUT2D eigenvalue weighted by Gasteiger charge is -2.22. The van der Waals surface area contributed by atoms with Gasteiger partial charge in [-0.1, -0.05) is 32.0 Å². The number of carbonyl (C=O) groups is 1. The minimum atomic E-state index is -3.40. The van der Waals surface area contributed by atoms with Crippen molar-refractivity contribution in [1.29, 1.82) is 0 Å². The van der Waals surface area contributed by atoms with Crippen molar-refractivity contribution in [2.24, 2.45) is 5.92 Å². The van der Waals surface area contributed by atoms with Crippen LogP contribution in [-0.2, 0) is 14.8 Å². The molecule has 1 aromatic rings. The fourth-order valence-corrected chi connectivity index (χ4v) is 3.57. The number of amides is 1. The van der Waals surface area contributed by atoms with Crippen molar-refractivity contribution in [3.8, 4) is 0 Å². The fraction of sp³-hybridized carbons (Fsp3) is 0.533. The number of sulfonamides is 1. The number of fused-ring (bicyclic) bond motifs is 1. The van der Waals surface area contributed by atoms with E-state index in [-0.39, 0.29) is 11.8 Å². The summed E-state index contributed by atoms with van der Waals surface area (Å²) < 4.78 is 24.9. The normalized spacial score (nSPS) is 19.7. The van der Waals surface area contributed by atoms with E-state index >= 15 is 0 Å². The molecular weight excluding hydrogens is 288 g/mol. The number of anilines is 1. The first-order valence-electron chi connectivity index (χ1n) is 7.08. The third-order valence-electron chi connectivity index (χ3n) is 3.84. The van der Waals surface area contributed by atoms with Crippen molar-refractivity contribution in [3.63, 3.8) is 0 Å². The molecule has 2 rings (SSSR count). The van der Waals surface area contributed by atoms with E-state index in [1.54, 1.807) is 11.8 Å². The number of nitrogens with zero attached hydrogens (tertiary/aromatic N) is 1. The molecule has 1 heterocycles. The minimum absolute atomic E-state index is 0.212. The monoisotopic (exact) mass is 310 g/mol. The summed E-state index contributed by atoms with van der Waals surface area (Å²) in [6.07, 6.45) is 1.06. The van der Waals surface area contributed by atoms with Crippen molar-refractivity contribution in [2.75, 3.05) is 17.7 Å². The van der Waals surface area contributed by atoms with E-state index < -0.39 is 16.1 Å². The molecule has 116 valence electrons. The van der Waals surface area contributed by atoms with Crippen molar-refractivity contribution in [1.82, 2.24) is 4.72 Å². The van der Waals surface area contributed by atoms with Gasteiger partial charge in [0.1, 0.15) is 0 Å². The van der Waals surface area contributed by atoms with Crippen LogP contribution in [0.3, 0.4) is 0 Å². The molecule has 1 aliphatic heterocycles. The van der Waals surface area contributed by atoms with Crippen LogP contribution >= 0.6 is 0 Å². The van der Waals surface area contributed by atoms with Crippen molar-refractivity contribution in [2.45, 2.75) is 32.7 Å². The molecule has 2 atom stereocenters. The quantitative estimate of drug-likeness (QED) is 0.920. The molecule has 1 aliphatic rings. The predicted octanol–water partition coefficient (Wildman–Crippen LogP) is 1.71. The maximum absolute atomic E-state index is 12.6. The topological polar surface area (TPSA) is 66.5 Å². The number of para-hydroxylation sites is 1. The number of hydrogen-bond donors (Lipinski definition) is 1. The van der Waals surface area contributed by atoms with Gasteiger partial charge in [0, 0.05) is 18.2 Å². The highest BCUT2D eigenvalue weighted by atomic mass is 32.2. The highest BCUT2D eigenvalue weighted by Gasteiger charge is 2.35. The maximum atomic E-state index is 12.6. The maximum Gasteiger partial charge on any atom is 0.244 e. The van der Waals surface area contributed by atoms with E-state index in [4.69, 9.17) is 0 Å². The highest BCUT2D eigenvalue weighted by Crippen LogP contribution is 2.40. The van der Waals surface area contributed by atoms with Gasteiger partial charge < -0.3 is 4.90 Å². The molecule has 0 spiro atoms. The Morgan fingerprint density at radius 2 is 1.90 bits per heavy atom. The standard InChI is InChI=1S/C15H22N2O3S/c1-10(2)13-9-17(14-8-6-5-7-12(13)14)15(18)11(3)16-21(4,19)20/h5-8,10-11,13,16H,9H2,1-4H3/t11-,13+/m1/s1. The second-order valence-electron chi connectivity index (χ2n) is 5.97. The molecule has 6 heteroatoms. The summed E-state index contributed by atoms with van der Waals surface area (Å²) in [5, 5.41) is 0. The molecule has 5 nitrogen and oxygen atoms in total. The summed E-state index contributed by atoms with van der Waals surface area (Å²) in [6, 6.07) is 7.07. The Bertz CT molecular complexity index is 640. The summed E-state index contributed by atoms with van der Waals surface area (Å²) >= 11 is 0. The van der Waals surface area contributed by atoms with Gasteiger partial charge in [-0.3, -0.25) is 4.79 Å². The minimum Gasteiger partial charge on any atom is -0.310 e. The fourth-order valence-electron chi connectivity index (χ4n) is 2.82. The van der Waals surface area contributed by atoms with E-state index in [0.29, 0.717) is 12.5 Å². The Hall–Kier alpha value is -1.40. The molecule has 1 amide bonds. The molecule has 0 bridgehead atoms. The largest absolute Gasteiger partial charge is 0.310 e. The van der Waals surface area contributed by atoms with E-state index in [0.717, 1.165) is 17.5 Å².